The highest BCUT2D eigenvalue weighted by Crippen LogP contribution is 2.12. The Hall–Kier alpha value is -2.41. The van der Waals surface area contributed by atoms with E-state index in [9.17, 15) is 14.4 Å². The summed E-state index contributed by atoms with van der Waals surface area (Å²) in [6, 6.07) is 6.86. The fourth-order valence-corrected chi connectivity index (χ4v) is 2.07. The fourth-order valence-electron chi connectivity index (χ4n) is 2.07. The maximum atomic E-state index is 12.3. The minimum Gasteiger partial charge on any atom is -0.354 e. The second-order valence-corrected chi connectivity index (χ2v) is 4.98. The zero-order chi connectivity index (χ0) is 17.2. The minimum absolute atomic E-state index is 0.0581. The van der Waals surface area contributed by atoms with Gasteiger partial charge in [-0.15, -0.1) is 0 Å². The quantitative estimate of drug-likeness (QED) is 0.598. The van der Waals surface area contributed by atoms with E-state index < -0.39 is 0 Å². The molecule has 0 aliphatic heterocycles. The molecule has 0 saturated heterocycles. The van der Waals surface area contributed by atoms with E-state index in [1.54, 1.807) is 41.5 Å². The molecule has 1 rings (SSSR count). The zero-order valence-electron chi connectivity index (χ0n) is 13.9. The molecule has 126 valence electrons. The summed E-state index contributed by atoms with van der Waals surface area (Å²) in [6.45, 7) is 5.47. The van der Waals surface area contributed by atoms with Gasteiger partial charge in [-0.2, -0.15) is 0 Å². The van der Waals surface area contributed by atoms with Crippen LogP contribution in [0.1, 0.15) is 24.2 Å². The number of nitrogens with two attached hydrogens (primary N) is 1. The van der Waals surface area contributed by atoms with Crippen LogP contribution < -0.4 is 16.0 Å². The molecule has 4 N–H and O–H groups in total. The fraction of sp³-hybridized carbons (Fsp3) is 0.438. The molecule has 3 amide bonds. The number of likely N-dealkylation sites (N-methyl/N-ethyl adjacent to an activating group) is 1. The minimum atomic E-state index is -0.221. The summed E-state index contributed by atoms with van der Waals surface area (Å²) in [5.41, 5.74) is 1.11. The van der Waals surface area contributed by atoms with E-state index in [4.69, 9.17) is 0 Å². The van der Waals surface area contributed by atoms with Gasteiger partial charge in [0.15, 0.2) is 13.1 Å². The Balaban J connectivity index is 2.61. The molecular formula is C16H25N4O3+. The van der Waals surface area contributed by atoms with Crippen LogP contribution in [-0.2, 0) is 9.59 Å². The van der Waals surface area contributed by atoms with Crippen molar-refractivity contribution in [1.29, 1.82) is 0 Å². The molecule has 7 heteroatoms. The third-order valence-corrected chi connectivity index (χ3v) is 3.38. The maximum Gasteiger partial charge on any atom is 0.279 e. The molecule has 1 aromatic rings. The lowest BCUT2D eigenvalue weighted by Gasteiger charge is -2.18. The van der Waals surface area contributed by atoms with Crippen LogP contribution in [0.3, 0.4) is 0 Å². The lowest BCUT2D eigenvalue weighted by molar-refractivity contribution is -0.632. The summed E-state index contributed by atoms with van der Waals surface area (Å²) < 4.78 is 0. The first kappa shape index (κ1) is 18.6. The normalized spacial score (nSPS) is 10.0. The van der Waals surface area contributed by atoms with Crippen LogP contribution in [0.15, 0.2) is 24.3 Å². The number of rotatable bonds is 8. The SMILES string of the molecule is CCN(CC)C(=O)c1cccc(NC(=O)C[NH2+]CC(=O)NC)c1. The van der Waals surface area contributed by atoms with Gasteiger partial charge in [-0.25, -0.2) is 0 Å². The van der Waals surface area contributed by atoms with Crippen molar-refractivity contribution < 1.29 is 19.7 Å². The molecule has 0 aliphatic rings. The van der Waals surface area contributed by atoms with Crippen molar-refractivity contribution in [3.63, 3.8) is 0 Å². The third kappa shape index (κ3) is 6.07. The van der Waals surface area contributed by atoms with Gasteiger partial charge >= 0.3 is 0 Å². The molecule has 0 unspecified atom stereocenters. The van der Waals surface area contributed by atoms with Crippen LogP contribution in [0.5, 0.6) is 0 Å². The number of hydrogen-bond acceptors (Lipinski definition) is 3. The van der Waals surface area contributed by atoms with Crippen LogP contribution >= 0.6 is 0 Å². The number of nitrogens with one attached hydrogen (secondary N) is 2. The van der Waals surface area contributed by atoms with E-state index in [-0.39, 0.29) is 30.8 Å². The lowest BCUT2D eigenvalue weighted by Crippen LogP contribution is -2.88. The number of hydrogen-bond donors (Lipinski definition) is 3. The average molecular weight is 321 g/mol. The van der Waals surface area contributed by atoms with E-state index in [2.05, 4.69) is 10.6 Å². The molecule has 1 aromatic carbocycles. The summed E-state index contributed by atoms with van der Waals surface area (Å²) in [6.07, 6.45) is 0. The summed E-state index contributed by atoms with van der Waals surface area (Å²) >= 11 is 0. The first-order valence-electron chi connectivity index (χ1n) is 7.73. The Bertz CT molecular complexity index is 556. The number of benzene rings is 1. The van der Waals surface area contributed by atoms with E-state index in [1.807, 2.05) is 13.8 Å². The number of carbonyl (C=O) groups is 3. The van der Waals surface area contributed by atoms with Gasteiger partial charge < -0.3 is 20.9 Å². The maximum absolute atomic E-state index is 12.3. The first-order valence-corrected chi connectivity index (χ1v) is 7.73. The van der Waals surface area contributed by atoms with Crippen LogP contribution in [0.25, 0.3) is 0 Å². The molecule has 0 atom stereocenters. The van der Waals surface area contributed by atoms with Gasteiger partial charge in [0.2, 0.25) is 0 Å². The Morgan fingerprint density at radius 3 is 2.35 bits per heavy atom. The predicted octanol–water partition coefficient (Wildman–Crippen LogP) is -0.583. The molecule has 0 spiro atoms. The summed E-state index contributed by atoms with van der Waals surface area (Å²) in [5.74, 6) is -0.414. The van der Waals surface area contributed by atoms with Gasteiger partial charge in [0.05, 0.1) is 0 Å². The number of carbonyl (C=O) groups excluding carboxylic acids is 3. The van der Waals surface area contributed by atoms with Gasteiger partial charge in [-0.1, -0.05) is 6.07 Å². The van der Waals surface area contributed by atoms with Crippen molar-refractivity contribution in [3.8, 4) is 0 Å². The molecule has 0 aliphatic carbocycles. The molecule has 0 heterocycles. The van der Waals surface area contributed by atoms with Gasteiger partial charge in [0, 0.05) is 31.4 Å². The number of nitrogens with zero attached hydrogens (tertiary/aromatic N) is 1. The summed E-state index contributed by atoms with van der Waals surface area (Å²) in [4.78, 5) is 36.9. The van der Waals surface area contributed by atoms with E-state index >= 15 is 0 Å². The Labute approximate surface area is 136 Å². The highest BCUT2D eigenvalue weighted by molar-refractivity contribution is 5.97. The van der Waals surface area contributed by atoms with E-state index in [0.717, 1.165) is 0 Å². The van der Waals surface area contributed by atoms with Crippen molar-refractivity contribution in [1.82, 2.24) is 10.2 Å². The predicted molar refractivity (Wildman–Crippen MR) is 88.0 cm³/mol. The highest BCUT2D eigenvalue weighted by Gasteiger charge is 2.13. The summed E-state index contributed by atoms with van der Waals surface area (Å²) in [5, 5.41) is 6.83. The van der Waals surface area contributed by atoms with Crippen molar-refractivity contribution in [2.24, 2.45) is 0 Å². The van der Waals surface area contributed by atoms with Gasteiger partial charge in [0.25, 0.3) is 17.7 Å². The molecular weight excluding hydrogens is 296 g/mol. The molecule has 0 fully saturated rings. The Kier molecular flexibility index (Phi) is 7.76. The number of quaternary nitrogens is 1. The van der Waals surface area contributed by atoms with Crippen molar-refractivity contribution >= 4 is 23.4 Å². The first-order chi connectivity index (χ1) is 11.0. The molecule has 0 radical (unpaired) electrons. The van der Waals surface area contributed by atoms with Gasteiger partial charge in [0.1, 0.15) is 0 Å². The second kappa shape index (κ2) is 9.58. The molecule has 0 bridgehead atoms. The molecule has 0 saturated carbocycles. The van der Waals surface area contributed by atoms with Crippen LogP contribution in [0, 0.1) is 0 Å². The van der Waals surface area contributed by atoms with E-state index in [1.165, 1.54) is 0 Å². The standard InChI is InChI=1S/C16H24N4O3/c1-4-20(5-2)16(23)12-7-6-8-13(9-12)19-15(22)11-18-10-14(21)17-3/h6-9,18H,4-5,10-11H2,1-3H3,(H,17,21)(H,19,22)/p+1. The van der Waals surface area contributed by atoms with Crippen molar-refractivity contribution in [2.75, 3.05) is 38.5 Å². The van der Waals surface area contributed by atoms with Crippen molar-refractivity contribution in [2.45, 2.75) is 13.8 Å². The van der Waals surface area contributed by atoms with Crippen LogP contribution in [-0.4, -0.2) is 55.8 Å². The Morgan fingerprint density at radius 1 is 1.09 bits per heavy atom. The monoisotopic (exact) mass is 321 g/mol. The lowest BCUT2D eigenvalue weighted by atomic mass is 10.1. The Morgan fingerprint density at radius 2 is 1.74 bits per heavy atom. The molecule has 23 heavy (non-hydrogen) atoms. The smallest absolute Gasteiger partial charge is 0.279 e. The van der Waals surface area contributed by atoms with Gasteiger partial charge in [-0.05, 0) is 32.0 Å². The van der Waals surface area contributed by atoms with Crippen LogP contribution in [0.4, 0.5) is 5.69 Å². The van der Waals surface area contributed by atoms with Crippen molar-refractivity contribution in [3.05, 3.63) is 29.8 Å². The largest absolute Gasteiger partial charge is 0.354 e. The molecule has 0 aromatic heterocycles. The summed E-state index contributed by atoms with van der Waals surface area (Å²) in [7, 11) is 1.55. The van der Waals surface area contributed by atoms with E-state index in [0.29, 0.717) is 24.3 Å². The third-order valence-electron chi connectivity index (χ3n) is 3.38. The number of anilines is 1. The zero-order valence-corrected chi connectivity index (χ0v) is 13.9. The topological polar surface area (TPSA) is 95.1 Å². The van der Waals surface area contributed by atoms with Crippen LogP contribution in [0.2, 0.25) is 0 Å². The van der Waals surface area contributed by atoms with Gasteiger partial charge in [-0.3, -0.25) is 14.4 Å². The molecule has 7 nitrogen and oxygen atoms in total. The highest BCUT2D eigenvalue weighted by atomic mass is 16.2. The number of amides is 3. The second-order valence-electron chi connectivity index (χ2n) is 4.98. The average Bonchev–Trinajstić information content (AvgIpc) is 2.55.